The summed E-state index contributed by atoms with van der Waals surface area (Å²) in [7, 11) is 0. The lowest BCUT2D eigenvalue weighted by molar-refractivity contribution is -0.113. The van der Waals surface area contributed by atoms with Gasteiger partial charge in [0.2, 0.25) is 0 Å². The number of benzene rings is 3. The average Bonchev–Trinajstić information content (AvgIpc) is 2.60. The Morgan fingerprint density at radius 2 is 1.61 bits per heavy atom. The van der Waals surface area contributed by atoms with Crippen molar-refractivity contribution in [2.75, 3.05) is 4.90 Å². The summed E-state index contributed by atoms with van der Waals surface area (Å²) in [6.45, 7) is 2.19. The first-order chi connectivity index (χ1) is 11.3. The molecular weight excluding hydrogens is 282 g/mol. The summed E-state index contributed by atoms with van der Waals surface area (Å²) >= 11 is 0. The van der Waals surface area contributed by atoms with Crippen LogP contribution in [0.2, 0.25) is 0 Å². The predicted molar refractivity (Wildman–Crippen MR) is 95.0 cm³/mol. The maximum atomic E-state index is 12.4. The molecule has 0 heterocycles. The fourth-order valence-electron chi connectivity index (χ4n) is 2.57. The zero-order valence-electron chi connectivity index (χ0n) is 13.0. The molecule has 2 nitrogen and oxygen atoms in total. The number of hydrogen-bond donors (Lipinski definition) is 0. The Kier molecular flexibility index (Phi) is 4.40. The van der Waals surface area contributed by atoms with Gasteiger partial charge in [-0.15, -0.1) is 0 Å². The third kappa shape index (κ3) is 3.41. The normalized spacial score (nSPS) is 9.96. The van der Waals surface area contributed by atoms with Crippen LogP contribution in [0.3, 0.4) is 0 Å². The molecule has 0 unspecified atom stereocenters. The second kappa shape index (κ2) is 6.81. The fourth-order valence-corrected chi connectivity index (χ4v) is 2.57. The second-order valence-electron chi connectivity index (χ2n) is 5.28. The quantitative estimate of drug-likeness (QED) is 0.657. The monoisotopic (exact) mass is 299 g/mol. The van der Waals surface area contributed by atoms with E-state index >= 15 is 0 Å². The predicted octanol–water partition coefficient (Wildman–Crippen LogP) is 4.40. The number of anilines is 1. The number of carbonyl (C=O) groups excluding carboxylic acids is 1. The van der Waals surface area contributed by atoms with E-state index in [0.717, 1.165) is 22.0 Å². The van der Waals surface area contributed by atoms with Gasteiger partial charge < -0.3 is 0 Å². The van der Waals surface area contributed by atoms with Gasteiger partial charge in [0.1, 0.15) is 0 Å². The van der Waals surface area contributed by atoms with E-state index in [4.69, 9.17) is 0 Å². The first-order valence-corrected chi connectivity index (χ1v) is 7.55. The maximum absolute atomic E-state index is 12.4. The standard InChI is InChI=1S/C21H17NO/c1-2-8-21(23)22(16-17-9-4-3-5-10-17)20-14-13-18-11-6-7-12-19(18)15-20/h3-7,9-15H,16H2,1H3. The van der Waals surface area contributed by atoms with Crippen LogP contribution in [0.5, 0.6) is 0 Å². The highest BCUT2D eigenvalue weighted by atomic mass is 16.2. The summed E-state index contributed by atoms with van der Waals surface area (Å²) in [5, 5.41) is 2.27. The topological polar surface area (TPSA) is 20.3 Å². The van der Waals surface area contributed by atoms with Crippen molar-refractivity contribution in [3.8, 4) is 11.8 Å². The van der Waals surface area contributed by atoms with Gasteiger partial charge in [-0.3, -0.25) is 9.69 Å². The Hall–Kier alpha value is -3.05. The Labute approximate surface area is 136 Å². The van der Waals surface area contributed by atoms with Crippen molar-refractivity contribution in [1.82, 2.24) is 0 Å². The number of rotatable bonds is 3. The van der Waals surface area contributed by atoms with Crippen molar-refractivity contribution in [1.29, 1.82) is 0 Å². The molecule has 1 amide bonds. The molecule has 0 N–H and O–H groups in total. The third-order valence-corrected chi connectivity index (χ3v) is 3.71. The minimum Gasteiger partial charge on any atom is -0.297 e. The molecule has 2 heteroatoms. The van der Waals surface area contributed by atoms with Gasteiger partial charge in [0.25, 0.3) is 0 Å². The molecule has 112 valence electrons. The minimum atomic E-state index is -0.188. The molecule has 23 heavy (non-hydrogen) atoms. The summed E-state index contributed by atoms with van der Waals surface area (Å²) in [6, 6.07) is 24.1. The molecule has 0 aliphatic rings. The Bertz CT molecular complexity index is 888. The lowest BCUT2D eigenvalue weighted by Gasteiger charge is -2.21. The molecule has 0 spiro atoms. The SMILES string of the molecule is CC#CC(=O)N(Cc1ccccc1)c1ccc2ccccc2c1. The van der Waals surface area contributed by atoms with Gasteiger partial charge in [0.05, 0.1) is 6.54 Å². The van der Waals surface area contributed by atoms with Crippen LogP contribution >= 0.6 is 0 Å². The van der Waals surface area contributed by atoms with Crippen molar-refractivity contribution in [3.05, 3.63) is 78.4 Å². The van der Waals surface area contributed by atoms with Gasteiger partial charge in [0.15, 0.2) is 0 Å². The zero-order chi connectivity index (χ0) is 16.1. The molecule has 3 aromatic carbocycles. The van der Waals surface area contributed by atoms with Crippen molar-refractivity contribution in [2.45, 2.75) is 13.5 Å². The zero-order valence-corrected chi connectivity index (χ0v) is 13.0. The van der Waals surface area contributed by atoms with Gasteiger partial charge in [0, 0.05) is 5.69 Å². The molecule has 0 saturated heterocycles. The van der Waals surface area contributed by atoms with Crippen LogP contribution in [-0.4, -0.2) is 5.91 Å². The van der Waals surface area contributed by atoms with Gasteiger partial charge in [-0.05, 0) is 41.3 Å². The Morgan fingerprint density at radius 3 is 2.35 bits per heavy atom. The van der Waals surface area contributed by atoms with E-state index in [1.807, 2.05) is 60.7 Å². The molecular formula is C21H17NO. The van der Waals surface area contributed by atoms with Crippen LogP contribution in [0.4, 0.5) is 5.69 Å². The summed E-state index contributed by atoms with van der Waals surface area (Å²) in [5.74, 6) is 5.16. The van der Waals surface area contributed by atoms with Crippen LogP contribution in [0.1, 0.15) is 12.5 Å². The largest absolute Gasteiger partial charge is 0.303 e. The minimum absolute atomic E-state index is 0.188. The molecule has 3 aromatic rings. The molecule has 3 rings (SSSR count). The molecule has 0 bridgehead atoms. The van der Waals surface area contributed by atoms with E-state index in [9.17, 15) is 4.79 Å². The van der Waals surface area contributed by atoms with E-state index < -0.39 is 0 Å². The van der Waals surface area contributed by atoms with Crippen LogP contribution in [0.25, 0.3) is 10.8 Å². The van der Waals surface area contributed by atoms with Crippen LogP contribution < -0.4 is 4.90 Å². The van der Waals surface area contributed by atoms with E-state index in [1.54, 1.807) is 11.8 Å². The van der Waals surface area contributed by atoms with Gasteiger partial charge in [-0.25, -0.2) is 0 Å². The molecule has 0 atom stereocenters. The van der Waals surface area contributed by atoms with Crippen LogP contribution in [0, 0.1) is 11.8 Å². The lowest BCUT2D eigenvalue weighted by Crippen LogP contribution is -2.29. The van der Waals surface area contributed by atoms with E-state index in [1.165, 1.54) is 0 Å². The summed E-state index contributed by atoms with van der Waals surface area (Å²) in [5.41, 5.74) is 1.94. The van der Waals surface area contributed by atoms with E-state index in [-0.39, 0.29) is 5.91 Å². The number of carbonyl (C=O) groups is 1. The first-order valence-electron chi connectivity index (χ1n) is 7.55. The third-order valence-electron chi connectivity index (χ3n) is 3.71. The number of fused-ring (bicyclic) bond motifs is 1. The van der Waals surface area contributed by atoms with Crippen molar-refractivity contribution < 1.29 is 4.79 Å². The fraction of sp³-hybridized carbons (Fsp3) is 0.0952. The number of hydrogen-bond acceptors (Lipinski definition) is 1. The molecule has 0 aliphatic heterocycles. The second-order valence-corrected chi connectivity index (χ2v) is 5.28. The maximum Gasteiger partial charge on any atom is 0.303 e. The van der Waals surface area contributed by atoms with Crippen molar-refractivity contribution in [3.63, 3.8) is 0 Å². The van der Waals surface area contributed by atoms with Gasteiger partial charge in [-0.2, -0.15) is 0 Å². The summed E-state index contributed by atoms with van der Waals surface area (Å²) in [4.78, 5) is 14.2. The molecule has 0 radical (unpaired) electrons. The average molecular weight is 299 g/mol. The van der Waals surface area contributed by atoms with Gasteiger partial charge >= 0.3 is 5.91 Å². The van der Waals surface area contributed by atoms with Crippen LogP contribution in [0.15, 0.2) is 72.8 Å². The van der Waals surface area contributed by atoms with Gasteiger partial charge in [-0.1, -0.05) is 66.6 Å². The highest BCUT2D eigenvalue weighted by Gasteiger charge is 2.14. The lowest BCUT2D eigenvalue weighted by atomic mass is 10.1. The first kappa shape index (κ1) is 14.9. The summed E-state index contributed by atoms with van der Waals surface area (Å²) in [6.07, 6.45) is 0. The van der Waals surface area contributed by atoms with E-state index in [2.05, 4.69) is 24.0 Å². The number of amides is 1. The molecule has 0 saturated carbocycles. The smallest absolute Gasteiger partial charge is 0.297 e. The summed E-state index contributed by atoms with van der Waals surface area (Å²) < 4.78 is 0. The highest BCUT2D eigenvalue weighted by Crippen LogP contribution is 2.23. The van der Waals surface area contributed by atoms with E-state index in [0.29, 0.717) is 6.54 Å². The molecule has 0 aromatic heterocycles. The van der Waals surface area contributed by atoms with Crippen LogP contribution in [-0.2, 0) is 11.3 Å². The van der Waals surface area contributed by atoms with Crippen molar-refractivity contribution >= 4 is 22.4 Å². The highest BCUT2D eigenvalue weighted by molar-refractivity contribution is 6.06. The van der Waals surface area contributed by atoms with Crippen molar-refractivity contribution in [2.24, 2.45) is 0 Å². The molecule has 0 fully saturated rings. The Morgan fingerprint density at radius 1 is 0.913 bits per heavy atom. The molecule has 0 aliphatic carbocycles. The Balaban J connectivity index is 2.01. The number of nitrogens with zero attached hydrogens (tertiary/aromatic N) is 1.